The zero-order valence-corrected chi connectivity index (χ0v) is 17.1. The number of rotatable bonds is 6. The van der Waals surface area contributed by atoms with Crippen molar-refractivity contribution in [3.63, 3.8) is 0 Å². The summed E-state index contributed by atoms with van der Waals surface area (Å²) in [6.45, 7) is 5.73. The maximum Gasteiger partial charge on any atom is 0.324 e. The van der Waals surface area contributed by atoms with Crippen molar-refractivity contribution in [2.45, 2.75) is 20.4 Å². The molecule has 1 aromatic carbocycles. The molecule has 2 N–H and O–H groups in total. The Morgan fingerprint density at radius 1 is 1.17 bits per heavy atom. The third kappa shape index (κ3) is 5.75. The number of hydrogen-bond donors (Lipinski definition) is 2. The standard InChI is InChI=1S/C18H24FN5O4S/c1-3-29(26,27)24-6-4-23(5-7-24)12-14-9-15(19)11-16(10-14)20-18(25)21-17-8-13(2)28-22-17/h8-11H,3-7,12H2,1-2H3,(H2,20,21,22,25). The van der Waals surface area contributed by atoms with Crippen LogP contribution in [0.3, 0.4) is 0 Å². The Balaban J connectivity index is 1.58. The first kappa shape index (κ1) is 21.2. The Morgan fingerprint density at radius 2 is 1.90 bits per heavy atom. The fourth-order valence-corrected chi connectivity index (χ4v) is 4.21. The number of piperazine rings is 1. The average molecular weight is 425 g/mol. The molecule has 0 radical (unpaired) electrons. The van der Waals surface area contributed by atoms with Crippen LogP contribution in [0.15, 0.2) is 28.8 Å². The van der Waals surface area contributed by atoms with Crippen molar-refractivity contribution in [3.8, 4) is 0 Å². The highest BCUT2D eigenvalue weighted by molar-refractivity contribution is 7.89. The molecule has 9 nitrogen and oxygen atoms in total. The maximum absolute atomic E-state index is 14.0. The Morgan fingerprint density at radius 3 is 2.52 bits per heavy atom. The van der Waals surface area contributed by atoms with E-state index in [0.29, 0.717) is 49.7 Å². The van der Waals surface area contributed by atoms with E-state index in [4.69, 9.17) is 4.52 Å². The lowest BCUT2D eigenvalue weighted by molar-refractivity contribution is 0.181. The second kappa shape index (κ2) is 8.89. The molecule has 0 atom stereocenters. The summed E-state index contributed by atoms with van der Waals surface area (Å²) in [5.41, 5.74) is 0.995. The molecule has 0 saturated carbocycles. The molecule has 1 fully saturated rings. The Hall–Kier alpha value is -2.50. The van der Waals surface area contributed by atoms with Gasteiger partial charge in [-0.3, -0.25) is 10.2 Å². The van der Waals surface area contributed by atoms with Crippen molar-refractivity contribution in [2.75, 3.05) is 42.6 Å². The first-order valence-corrected chi connectivity index (χ1v) is 10.9. The predicted molar refractivity (Wildman–Crippen MR) is 107 cm³/mol. The zero-order valence-electron chi connectivity index (χ0n) is 16.3. The number of carbonyl (C=O) groups excluding carboxylic acids is 1. The van der Waals surface area contributed by atoms with Gasteiger partial charge in [0, 0.05) is 44.5 Å². The van der Waals surface area contributed by atoms with Crippen LogP contribution in [-0.2, 0) is 16.6 Å². The smallest absolute Gasteiger partial charge is 0.324 e. The molecule has 0 aliphatic carbocycles. The Bertz CT molecular complexity index is 970. The number of sulfonamides is 1. The van der Waals surface area contributed by atoms with Gasteiger partial charge in [-0.15, -0.1) is 0 Å². The van der Waals surface area contributed by atoms with Crippen LogP contribution in [0.2, 0.25) is 0 Å². The first-order valence-electron chi connectivity index (χ1n) is 9.26. The summed E-state index contributed by atoms with van der Waals surface area (Å²) in [5, 5.41) is 8.75. The predicted octanol–water partition coefficient (Wildman–Crippen LogP) is 2.23. The summed E-state index contributed by atoms with van der Waals surface area (Å²) in [6.07, 6.45) is 0. The number of aromatic nitrogens is 1. The largest absolute Gasteiger partial charge is 0.360 e. The van der Waals surface area contributed by atoms with Crippen LogP contribution in [0.1, 0.15) is 18.2 Å². The third-order valence-corrected chi connectivity index (χ3v) is 6.46. The van der Waals surface area contributed by atoms with Crippen LogP contribution in [0.5, 0.6) is 0 Å². The van der Waals surface area contributed by atoms with Crippen LogP contribution in [0.25, 0.3) is 0 Å². The van der Waals surface area contributed by atoms with Crippen molar-refractivity contribution in [1.29, 1.82) is 0 Å². The third-order valence-electron chi connectivity index (χ3n) is 4.58. The van der Waals surface area contributed by atoms with E-state index in [2.05, 4.69) is 20.7 Å². The fourth-order valence-electron chi connectivity index (χ4n) is 3.12. The topological polar surface area (TPSA) is 108 Å². The first-order chi connectivity index (χ1) is 13.7. The van der Waals surface area contributed by atoms with Gasteiger partial charge in [0.1, 0.15) is 11.6 Å². The zero-order chi connectivity index (χ0) is 21.0. The van der Waals surface area contributed by atoms with Gasteiger partial charge in [0.05, 0.1) is 5.75 Å². The molecule has 158 valence electrons. The van der Waals surface area contributed by atoms with E-state index in [-0.39, 0.29) is 11.6 Å². The van der Waals surface area contributed by atoms with Crippen molar-refractivity contribution < 1.29 is 22.1 Å². The van der Waals surface area contributed by atoms with E-state index >= 15 is 0 Å². The molecule has 1 saturated heterocycles. The van der Waals surface area contributed by atoms with E-state index in [1.807, 2.05) is 0 Å². The van der Waals surface area contributed by atoms with Crippen LogP contribution < -0.4 is 10.6 Å². The maximum atomic E-state index is 14.0. The Labute approximate surface area is 168 Å². The Kier molecular flexibility index (Phi) is 6.50. The molecular formula is C18H24FN5O4S. The summed E-state index contributed by atoms with van der Waals surface area (Å²) in [6, 6.07) is 5.32. The van der Waals surface area contributed by atoms with Crippen LogP contribution in [-0.4, -0.2) is 60.7 Å². The van der Waals surface area contributed by atoms with E-state index in [9.17, 15) is 17.6 Å². The van der Waals surface area contributed by atoms with Gasteiger partial charge in [-0.25, -0.2) is 17.6 Å². The van der Waals surface area contributed by atoms with Gasteiger partial charge in [0.2, 0.25) is 10.0 Å². The van der Waals surface area contributed by atoms with Gasteiger partial charge in [0.15, 0.2) is 5.82 Å². The summed E-state index contributed by atoms with van der Waals surface area (Å²) < 4.78 is 44.3. The quantitative estimate of drug-likeness (QED) is 0.735. The van der Waals surface area contributed by atoms with Gasteiger partial charge in [-0.05, 0) is 37.6 Å². The highest BCUT2D eigenvalue weighted by Crippen LogP contribution is 2.18. The number of carbonyl (C=O) groups is 1. The lowest BCUT2D eigenvalue weighted by atomic mass is 10.1. The van der Waals surface area contributed by atoms with Gasteiger partial charge in [-0.2, -0.15) is 4.31 Å². The number of urea groups is 1. The van der Waals surface area contributed by atoms with Crippen LogP contribution in [0, 0.1) is 12.7 Å². The fraction of sp³-hybridized carbons (Fsp3) is 0.444. The number of amides is 2. The minimum absolute atomic E-state index is 0.0852. The molecule has 1 aliphatic rings. The number of benzene rings is 1. The van der Waals surface area contributed by atoms with Crippen LogP contribution >= 0.6 is 0 Å². The summed E-state index contributed by atoms with van der Waals surface area (Å²) in [4.78, 5) is 14.1. The number of halogens is 1. The molecule has 1 aliphatic heterocycles. The molecule has 0 unspecified atom stereocenters. The van der Waals surface area contributed by atoms with E-state index in [1.54, 1.807) is 26.0 Å². The lowest BCUT2D eigenvalue weighted by Gasteiger charge is -2.33. The molecule has 11 heteroatoms. The molecule has 0 spiro atoms. The highest BCUT2D eigenvalue weighted by atomic mass is 32.2. The van der Waals surface area contributed by atoms with E-state index < -0.39 is 21.9 Å². The van der Waals surface area contributed by atoms with Gasteiger partial charge >= 0.3 is 6.03 Å². The molecular weight excluding hydrogens is 401 g/mol. The summed E-state index contributed by atoms with van der Waals surface area (Å²) in [7, 11) is -3.19. The van der Waals surface area contributed by atoms with Gasteiger partial charge < -0.3 is 9.84 Å². The van der Waals surface area contributed by atoms with E-state index in [1.165, 1.54) is 16.4 Å². The van der Waals surface area contributed by atoms with Crippen molar-refractivity contribution in [1.82, 2.24) is 14.4 Å². The number of nitrogens with one attached hydrogen (secondary N) is 2. The molecule has 2 amide bonds. The number of nitrogens with zero attached hydrogens (tertiary/aromatic N) is 3. The molecule has 2 heterocycles. The highest BCUT2D eigenvalue weighted by Gasteiger charge is 2.25. The number of anilines is 2. The van der Waals surface area contributed by atoms with Crippen molar-refractivity contribution in [3.05, 3.63) is 41.4 Å². The minimum atomic E-state index is -3.19. The summed E-state index contributed by atoms with van der Waals surface area (Å²) >= 11 is 0. The van der Waals surface area contributed by atoms with Crippen LogP contribution in [0.4, 0.5) is 20.7 Å². The molecule has 3 rings (SSSR count). The van der Waals surface area contributed by atoms with E-state index in [0.717, 1.165) is 0 Å². The summed E-state index contributed by atoms with van der Waals surface area (Å²) in [5.74, 6) is 0.431. The second-order valence-corrected chi connectivity index (χ2v) is 9.08. The number of hydrogen-bond acceptors (Lipinski definition) is 6. The van der Waals surface area contributed by atoms with Gasteiger partial charge in [-0.1, -0.05) is 5.16 Å². The average Bonchev–Trinajstić information content (AvgIpc) is 3.06. The molecule has 29 heavy (non-hydrogen) atoms. The van der Waals surface area contributed by atoms with Gasteiger partial charge in [0.25, 0.3) is 0 Å². The monoisotopic (exact) mass is 425 g/mol. The van der Waals surface area contributed by atoms with Crippen molar-refractivity contribution >= 4 is 27.6 Å². The second-order valence-electron chi connectivity index (χ2n) is 6.83. The molecule has 0 bridgehead atoms. The SMILES string of the molecule is CCS(=O)(=O)N1CCN(Cc2cc(F)cc(NC(=O)Nc3cc(C)on3)c2)CC1. The lowest BCUT2D eigenvalue weighted by Crippen LogP contribution is -2.48. The number of aryl methyl sites for hydroxylation is 1. The molecule has 1 aromatic heterocycles. The molecule has 2 aromatic rings. The minimum Gasteiger partial charge on any atom is -0.360 e. The normalized spacial score (nSPS) is 16.0. The van der Waals surface area contributed by atoms with Crippen molar-refractivity contribution in [2.24, 2.45) is 0 Å².